The van der Waals surface area contributed by atoms with E-state index >= 15 is 4.39 Å². The fourth-order valence-electron chi connectivity index (χ4n) is 6.98. The second kappa shape index (κ2) is 7.56. The van der Waals surface area contributed by atoms with E-state index < -0.39 is 32.5 Å². The van der Waals surface area contributed by atoms with E-state index in [4.69, 9.17) is 4.74 Å². The van der Waals surface area contributed by atoms with Gasteiger partial charge in [0.05, 0.1) is 12.2 Å². The average Bonchev–Trinajstić information content (AvgIpc) is 3.02. The summed E-state index contributed by atoms with van der Waals surface area (Å²) in [7, 11) is 0. The summed E-state index contributed by atoms with van der Waals surface area (Å²) in [4.78, 5) is 25.2. The van der Waals surface area contributed by atoms with E-state index in [1.54, 1.807) is 13.8 Å². The summed E-state index contributed by atoms with van der Waals surface area (Å²) in [5.41, 5.74) is -3.20. The molecular weight excluding hydrogens is 479 g/mol. The molecule has 0 amide bonds. The molecule has 0 aromatic rings. The fraction of sp³-hybridized carbons (Fsp3) is 0.760. The molecule has 0 aliphatic heterocycles. The molecule has 0 saturated heterocycles. The molecule has 4 rings (SSSR count). The van der Waals surface area contributed by atoms with Crippen LogP contribution in [-0.4, -0.2) is 56.7 Å². The molecule has 32 heavy (non-hydrogen) atoms. The maximum absolute atomic E-state index is 15.5. The van der Waals surface area contributed by atoms with Crippen LogP contribution in [0.1, 0.15) is 59.8 Å². The number of hydrogen-bond donors (Lipinski definition) is 2. The van der Waals surface area contributed by atoms with E-state index in [9.17, 15) is 19.8 Å². The van der Waals surface area contributed by atoms with Crippen molar-refractivity contribution < 1.29 is 28.9 Å². The minimum absolute atomic E-state index is 0.0434. The van der Waals surface area contributed by atoms with Gasteiger partial charge in [-0.3, -0.25) is 9.59 Å². The highest BCUT2D eigenvalue weighted by molar-refractivity contribution is 9.10. The van der Waals surface area contributed by atoms with Crippen molar-refractivity contribution >= 4 is 27.5 Å². The molecule has 7 heteroatoms. The summed E-state index contributed by atoms with van der Waals surface area (Å²) in [5, 5.41) is 21.1. The number of ether oxygens (including phenoxy) is 1. The first-order valence-corrected chi connectivity index (χ1v) is 12.3. The van der Waals surface area contributed by atoms with Gasteiger partial charge in [0, 0.05) is 15.2 Å². The number of carbonyl (C=O) groups is 2. The highest BCUT2D eigenvalue weighted by Crippen LogP contribution is 2.71. The van der Waals surface area contributed by atoms with Crippen molar-refractivity contribution in [2.45, 2.75) is 81.5 Å². The quantitative estimate of drug-likeness (QED) is 0.546. The van der Waals surface area contributed by atoms with Crippen LogP contribution in [-0.2, 0) is 14.3 Å². The van der Waals surface area contributed by atoms with Crippen molar-refractivity contribution in [3.63, 3.8) is 0 Å². The van der Waals surface area contributed by atoms with Gasteiger partial charge in [-0.25, -0.2) is 4.39 Å². The van der Waals surface area contributed by atoms with Crippen molar-refractivity contribution in [1.82, 2.24) is 0 Å². The Kier molecular flexibility index (Phi) is 5.72. The average molecular weight is 513 g/mol. The lowest BCUT2D eigenvalue weighted by atomic mass is 9.46. The topological polar surface area (TPSA) is 83.8 Å². The molecule has 0 radical (unpaired) electrons. The lowest BCUT2D eigenvalue weighted by molar-refractivity contribution is -0.169. The van der Waals surface area contributed by atoms with Crippen molar-refractivity contribution in [2.24, 2.45) is 22.7 Å². The molecule has 178 valence electrons. The molecule has 0 aromatic heterocycles. The first kappa shape index (κ1) is 24.2. The maximum atomic E-state index is 15.5. The summed E-state index contributed by atoms with van der Waals surface area (Å²) in [5.74, 6) is -0.679. The predicted octanol–water partition coefficient (Wildman–Crippen LogP) is 3.85. The molecule has 4 aliphatic rings. The molecule has 0 aromatic carbocycles. The molecule has 5 nitrogen and oxygen atoms in total. The maximum Gasteiger partial charge on any atom is 0.190 e. The van der Waals surface area contributed by atoms with Gasteiger partial charge in [0.1, 0.15) is 18.4 Å². The Morgan fingerprint density at radius 2 is 1.97 bits per heavy atom. The fourth-order valence-corrected chi connectivity index (χ4v) is 8.04. The van der Waals surface area contributed by atoms with Crippen LogP contribution >= 0.6 is 15.9 Å². The van der Waals surface area contributed by atoms with Gasteiger partial charge in [-0.1, -0.05) is 35.9 Å². The summed E-state index contributed by atoms with van der Waals surface area (Å²) in [6, 6.07) is 0. The number of ketones is 2. The zero-order valence-corrected chi connectivity index (χ0v) is 20.9. The number of aliphatic hydroxyl groups excluding tert-OH is 1. The number of rotatable bonds is 5. The van der Waals surface area contributed by atoms with Crippen LogP contribution in [0, 0.1) is 22.7 Å². The Hall–Kier alpha value is -0.890. The second-order valence-electron chi connectivity index (χ2n) is 11.3. The van der Waals surface area contributed by atoms with Crippen molar-refractivity contribution in [3.05, 3.63) is 23.8 Å². The molecule has 3 saturated carbocycles. The lowest BCUT2D eigenvalue weighted by Crippen LogP contribution is -2.64. The lowest BCUT2D eigenvalue weighted by Gasteiger charge is -2.63. The number of hydrogen-bond acceptors (Lipinski definition) is 5. The first-order valence-electron chi connectivity index (χ1n) is 11.5. The highest BCUT2D eigenvalue weighted by atomic mass is 79.9. The summed E-state index contributed by atoms with van der Waals surface area (Å²) in [6.45, 7) is 6.86. The normalized spacial score (nSPS) is 45.7. The number of carbonyl (C=O) groups excluding carboxylic acids is 2. The molecule has 2 N–H and O–H groups in total. The standard InChI is InChI=1S/C25H34BrFO5/c1-21(2,14-28)32-13-20(30)25(31)8-6-16-17-12-19(27)18-11-15(29)5-7-22(18,3)24(17,26)10-9-23(16,25)4/h5,7,11,16-17,19,28,31H,6,8-10,12-14H2,1-4H3/t16-,17-,19-,22-,23-,24+,25-/m0/s1. The third-order valence-electron chi connectivity index (χ3n) is 9.24. The Morgan fingerprint density at radius 3 is 2.62 bits per heavy atom. The van der Waals surface area contributed by atoms with Gasteiger partial charge in [-0.15, -0.1) is 0 Å². The highest BCUT2D eigenvalue weighted by Gasteiger charge is 2.71. The van der Waals surface area contributed by atoms with E-state index in [2.05, 4.69) is 15.9 Å². The van der Waals surface area contributed by atoms with E-state index in [0.29, 0.717) is 31.3 Å². The van der Waals surface area contributed by atoms with Crippen LogP contribution in [0.3, 0.4) is 0 Å². The molecule has 0 bridgehead atoms. The van der Waals surface area contributed by atoms with Crippen LogP contribution in [0.2, 0.25) is 0 Å². The van der Waals surface area contributed by atoms with Gasteiger partial charge in [-0.2, -0.15) is 0 Å². The molecule has 4 aliphatic carbocycles. The summed E-state index contributed by atoms with van der Waals surface area (Å²) in [6.07, 6.45) is 6.07. The van der Waals surface area contributed by atoms with Crippen molar-refractivity contribution in [2.75, 3.05) is 13.2 Å². The Balaban J connectivity index is 1.65. The largest absolute Gasteiger partial charge is 0.393 e. The van der Waals surface area contributed by atoms with E-state index in [0.717, 1.165) is 0 Å². The van der Waals surface area contributed by atoms with E-state index in [1.165, 1.54) is 12.2 Å². The monoisotopic (exact) mass is 512 g/mol. The van der Waals surface area contributed by atoms with Gasteiger partial charge in [-0.05, 0) is 75.5 Å². The summed E-state index contributed by atoms with van der Waals surface area (Å²) >= 11 is 4.03. The zero-order valence-electron chi connectivity index (χ0n) is 19.3. The minimum Gasteiger partial charge on any atom is -0.393 e. The van der Waals surface area contributed by atoms with Gasteiger partial charge in [0.25, 0.3) is 0 Å². The number of fused-ring (bicyclic) bond motifs is 5. The molecule has 3 fully saturated rings. The third-order valence-corrected chi connectivity index (χ3v) is 11.0. The van der Waals surface area contributed by atoms with Gasteiger partial charge in [0.2, 0.25) is 0 Å². The number of alkyl halides is 2. The number of aliphatic hydroxyl groups is 2. The van der Waals surface area contributed by atoms with Gasteiger partial charge in [0.15, 0.2) is 11.6 Å². The predicted molar refractivity (Wildman–Crippen MR) is 122 cm³/mol. The second-order valence-corrected chi connectivity index (χ2v) is 12.7. The smallest absolute Gasteiger partial charge is 0.190 e. The van der Waals surface area contributed by atoms with Gasteiger partial charge < -0.3 is 14.9 Å². The number of halogens is 2. The Morgan fingerprint density at radius 1 is 1.28 bits per heavy atom. The van der Waals surface area contributed by atoms with Gasteiger partial charge >= 0.3 is 0 Å². The number of Topliss-reactive ketones (excluding diaryl/α,β-unsaturated/α-hetero) is 1. The third kappa shape index (κ3) is 3.18. The molecule has 7 atom stereocenters. The Bertz CT molecular complexity index is 899. The van der Waals surface area contributed by atoms with Crippen molar-refractivity contribution in [3.8, 4) is 0 Å². The first-order chi connectivity index (χ1) is 14.7. The van der Waals surface area contributed by atoms with Crippen molar-refractivity contribution in [1.29, 1.82) is 0 Å². The van der Waals surface area contributed by atoms with E-state index in [1.807, 2.05) is 19.9 Å². The van der Waals surface area contributed by atoms with Crippen LogP contribution in [0.5, 0.6) is 0 Å². The zero-order chi connectivity index (χ0) is 23.7. The molecule has 0 unspecified atom stereocenters. The Labute approximate surface area is 197 Å². The summed E-state index contributed by atoms with van der Waals surface area (Å²) < 4.78 is 20.6. The number of allylic oxidation sites excluding steroid dienone is 4. The molecular formula is C25H34BrFO5. The molecule has 0 heterocycles. The van der Waals surface area contributed by atoms with Crippen LogP contribution in [0.25, 0.3) is 0 Å². The SMILES string of the molecule is CC(C)(CO)OCC(=O)[C@@]1(O)CC[C@H]2[C@@H]3C[C@H](F)C4=CC(=O)C=C[C@]4(C)[C@@]3(Br)CC[C@@]21C. The minimum atomic E-state index is -1.54. The van der Waals surface area contributed by atoms with Crippen LogP contribution in [0.15, 0.2) is 23.8 Å². The van der Waals surface area contributed by atoms with Crippen LogP contribution in [0.4, 0.5) is 4.39 Å². The van der Waals surface area contributed by atoms with E-state index in [-0.39, 0.29) is 43.0 Å². The molecule has 0 spiro atoms. The van der Waals surface area contributed by atoms with Crippen LogP contribution < -0.4 is 0 Å².